The highest BCUT2D eigenvalue weighted by Gasteiger charge is 2.28. The minimum absolute atomic E-state index is 0.0385. The van der Waals surface area contributed by atoms with Crippen LogP contribution in [0, 0.1) is 0 Å². The van der Waals surface area contributed by atoms with Crippen molar-refractivity contribution in [3.05, 3.63) is 66.7 Å². The van der Waals surface area contributed by atoms with Crippen molar-refractivity contribution >= 4 is 27.3 Å². The topological polar surface area (TPSA) is 103 Å². The first-order valence-corrected chi connectivity index (χ1v) is 11.6. The maximum atomic E-state index is 13.5. The number of anilines is 2. The second-order valence-corrected chi connectivity index (χ2v) is 8.84. The highest BCUT2D eigenvalue weighted by Crippen LogP contribution is 2.34. The Kier molecular flexibility index (Phi) is 7.85. The van der Waals surface area contributed by atoms with Gasteiger partial charge in [0.1, 0.15) is 18.0 Å². The zero-order chi connectivity index (χ0) is 24.7. The van der Waals surface area contributed by atoms with Gasteiger partial charge in [0.15, 0.2) is 11.5 Å². The smallest absolute Gasteiger partial charge is 0.264 e. The van der Waals surface area contributed by atoms with Crippen molar-refractivity contribution in [1.82, 2.24) is 0 Å². The fourth-order valence-corrected chi connectivity index (χ4v) is 4.68. The van der Waals surface area contributed by atoms with Crippen LogP contribution in [0.5, 0.6) is 23.0 Å². The monoisotopic (exact) mass is 486 g/mol. The lowest BCUT2D eigenvalue weighted by atomic mass is 10.2. The van der Waals surface area contributed by atoms with E-state index in [9.17, 15) is 13.2 Å². The third-order valence-electron chi connectivity index (χ3n) is 4.95. The summed E-state index contributed by atoms with van der Waals surface area (Å²) < 4.78 is 49.1. The van der Waals surface area contributed by atoms with Crippen molar-refractivity contribution in [2.45, 2.75) is 4.90 Å². The minimum Gasteiger partial charge on any atom is -0.497 e. The highest BCUT2D eigenvalue weighted by atomic mass is 32.2. The van der Waals surface area contributed by atoms with Gasteiger partial charge in [0.05, 0.1) is 44.7 Å². The number of methoxy groups -OCH3 is 4. The summed E-state index contributed by atoms with van der Waals surface area (Å²) in [4.78, 5) is 13.1. The molecular formula is C24H26N2O7S. The molecule has 3 rings (SSSR count). The molecule has 0 saturated carbocycles. The van der Waals surface area contributed by atoms with Crippen LogP contribution in [0.3, 0.4) is 0 Å². The van der Waals surface area contributed by atoms with Crippen molar-refractivity contribution in [3.8, 4) is 23.0 Å². The van der Waals surface area contributed by atoms with Gasteiger partial charge in [0, 0.05) is 12.1 Å². The molecular weight excluding hydrogens is 460 g/mol. The van der Waals surface area contributed by atoms with E-state index in [-0.39, 0.29) is 10.6 Å². The Morgan fingerprint density at radius 1 is 0.794 bits per heavy atom. The third kappa shape index (κ3) is 5.34. The van der Waals surface area contributed by atoms with Gasteiger partial charge in [-0.2, -0.15) is 0 Å². The van der Waals surface area contributed by atoms with Gasteiger partial charge >= 0.3 is 0 Å². The van der Waals surface area contributed by atoms with Gasteiger partial charge in [0.25, 0.3) is 10.0 Å². The Morgan fingerprint density at radius 2 is 1.44 bits per heavy atom. The number of carbonyl (C=O) groups is 1. The first-order chi connectivity index (χ1) is 16.3. The minimum atomic E-state index is -4.09. The average Bonchev–Trinajstić information content (AvgIpc) is 2.87. The molecule has 0 aliphatic carbocycles. The number of hydrogen-bond acceptors (Lipinski definition) is 7. The van der Waals surface area contributed by atoms with Gasteiger partial charge in [-0.05, 0) is 36.4 Å². The van der Waals surface area contributed by atoms with Gasteiger partial charge in [-0.25, -0.2) is 8.42 Å². The van der Waals surface area contributed by atoms with Crippen molar-refractivity contribution in [3.63, 3.8) is 0 Å². The number of nitrogens with one attached hydrogen (secondary N) is 1. The second-order valence-electron chi connectivity index (χ2n) is 6.98. The molecule has 9 nitrogen and oxygen atoms in total. The summed E-state index contributed by atoms with van der Waals surface area (Å²) >= 11 is 0. The number of amides is 1. The molecule has 0 atom stereocenters. The van der Waals surface area contributed by atoms with Crippen LogP contribution in [-0.2, 0) is 14.8 Å². The molecule has 1 N–H and O–H groups in total. The number of hydrogen-bond donors (Lipinski definition) is 1. The molecule has 0 fully saturated rings. The third-order valence-corrected chi connectivity index (χ3v) is 6.74. The van der Waals surface area contributed by atoms with Crippen LogP contribution in [0.1, 0.15) is 0 Å². The molecule has 3 aromatic carbocycles. The fourth-order valence-electron chi connectivity index (χ4n) is 3.25. The Hall–Kier alpha value is -3.92. The molecule has 0 aliphatic rings. The molecule has 180 valence electrons. The first kappa shape index (κ1) is 24.7. The largest absolute Gasteiger partial charge is 0.497 e. The molecule has 0 unspecified atom stereocenters. The number of carbonyl (C=O) groups excluding carboxylic acids is 1. The van der Waals surface area contributed by atoms with Crippen LogP contribution in [0.2, 0.25) is 0 Å². The Balaban J connectivity index is 2.01. The molecule has 0 aromatic heterocycles. The maximum absolute atomic E-state index is 13.5. The van der Waals surface area contributed by atoms with Gasteiger partial charge in [0.2, 0.25) is 5.91 Å². The molecule has 0 heterocycles. The number of nitrogens with zero attached hydrogens (tertiary/aromatic N) is 1. The van der Waals surface area contributed by atoms with Crippen molar-refractivity contribution < 1.29 is 32.2 Å². The van der Waals surface area contributed by atoms with E-state index in [1.807, 2.05) is 0 Å². The standard InChI is InChI=1S/C24H26N2O7S/c1-30-18-11-13-21(31-2)20(15-18)25-24(27)16-26(34(28,29)19-8-6-5-7-9-19)17-10-12-22(32-3)23(14-17)33-4/h5-15H,16H2,1-4H3,(H,25,27). The first-order valence-electron chi connectivity index (χ1n) is 10.2. The Labute approximate surface area is 198 Å². The summed E-state index contributed by atoms with van der Waals surface area (Å²) in [5.74, 6) is 1.07. The quantitative estimate of drug-likeness (QED) is 0.467. The van der Waals surface area contributed by atoms with E-state index in [0.717, 1.165) is 4.31 Å². The fraction of sp³-hybridized carbons (Fsp3) is 0.208. The summed E-state index contributed by atoms with van der Waals surface area (Å²) in [6.45, 7) is -0.507. The van der Waals surface area contributed by atoms with E-state index < -0.39 is 22.5 Å². The van der Waals surface area contributed by atoms with E-state index in [2.05, 4.69) is 5.32 Å². The van der Waals surface area contributed by atoms with Crippen molar-refractivity contribution in [2.24, 2.45) is 0 Å². The summed E-state index contributed by atoms with van der Waals surface area (Å²) in [6, 6.07) is 17.4. The number of rotatable bonds is 10. The summed E-state index contributed by atoms with van der Waals surface area (Å²) in [6.07, 6.45) is 0. The molecule has 0 saturated heterocycles. The number of benzene rings is 3. The zero-order valence-corrected chi connectivity index (χ0v) is 20.1. The molecule has 0 spiro atoms. The predicted octanol–water partition coefficient (Wildman–Crippen LogP) is 3.56. The molecule has 1 amide bonds. The lowest BCUT2D eigenvalue weighted by Crippen LogP contribution is -2.38. The zero-order valence-electron chi connectivity index (χ0n) is 19.3. The lowest BCUT2D eigenvalue weighted by Gasteiger charge is -2.25. The van der Waals surface area contributed by atoms with Crippen LogP contribution < -0.4 is 28.6 Å². The summed E-state index contributed by atoms with van der Waals surface area (Å²) in [7, 11) is 1.79. The second kappa shape index (κ2) is 10.8. The number of sulfonamides is 1. The van der Waals surface area contributed by atoms with Crippen molar-refractivity contribution in [1.29, 1.82) is 0 Å². The molecule has 34 heavy (non-hydrogen) atoms. The normalized spacial score (nSPS) is 10.8. The van der Waals surface area contributed by atoms with Crippen LogP contribution in [0.15, 0.2) is 71.6 Å². The van der Waals surface area contributed by atoms with E-state index in [0.29, 0.717) is 28.7 Å². The van der Waals surface area contributed by atoms with E-state index >= 15 is 0 Å². The number of ether oxygens (including phenoxy) is 4. The SMILES string of the molecule is COc1ccc(OC)c(NC(=O)CN(c2ccc(OC)c(OC)c2)S(=O)(=O)c2ccccc2)c1. The predicted molar refractivity (Wildman–Crippen MR) is 129 cm³/mol. The van der Waals surface area contributed by atoms with Gasteiger partial charge in [-0.3, -0.25) is 9.10 Å². The lowest BCUT2D eigenvalue weighted by molar-refractivity contribution is -0.114. The average molecular weight is 487 g/mol. The maximum Gasteiger partial charge on any atom is 0.264 e. The van der Waals surface area contributed by atoms with Crippen LogP contribution in [-0.4, -0.2) is 49.3 Å². The van der Waals surface area contributed by atoms with Gasteiger partial charge in [-0.15, -0.1) is 0 Å². The van der Waals surface area contributed by atoms with Crippen LogP contribution in [0.25, 0.3) is 0 Å². The van der Waals surface area contributed by atoms with E-state index in [1.54, 1.807) is 48.5 Å². The van der Waals surface area contributed by atoms with Gasteiger partial charge in [-0.1, -0.05) is 18.2 Å². The summed E-state index contributed by atoms with van der Waals surface area (Å²) in [5.41, 5.74) is 0.575. The van der Waals surface area contributed by atoms with Crippen LogP contribution in [0.4, 0.5) is 11.4 Å². The van der Waals surface area contributed by atoms with E-state index in [1.165, 1.54) is 46.6 Å². The molecule has 3 aromatic rings. The molecule has 10 heteroatoms. The Bertz CT molecular complexity index is 1250. The highest BCUT2D eigenvalue weighted by molar-refractivity contribution is 7.92. The van der Waals surface area contributed by atoms with Crippen LogP contribution >= 0.6 is 0 Å². The Morgan fingerprint density at radius 3 is 2.06 bits per heavy atom. The molecule has 0 bridgehead atoms. The molecule has 0 radical (unpaired) electrons. The van der Waals surface area contributed by atoms with Gasteiger partial charge < -0.3 is 24.3 Å². The van der Waals surface area contributed by atoms with E-state index in [4.69, 9.17) is 18.9 Å². The summed E-state index contributed by atoms with van der Waals surface area (Å²) in [5, 5.41) is 2.71. The van der Waals surface area contributed by atoms with Crippen molar-refractivity contribution in [2.75, 3.05) is 44.6 Å². The molecule has 0 aliphatic heterocycles.